The molecule has 170 valence electrons. The molecule has 5 nitrogen and oxygen atoms in total. The van der Waals surface area contributed by atoms with Crippen LogP contribution in [0.3, 0.4) is 0 Å². The molecule has 1 amide bonds. The van der Waals surface area contributed by atoms with Gasteiger partial charge in [-0.1, -0.05) is 84.4 Å². The molecule has 0 atom stereocenters. The molecular weight excluding hydrogens is 448 g/mol. The first-order valence-electron chi connectivity index (χ1n) is 10.7. The average molecular weight is 471 g/mol. The van der Waals surface area contributed by atoms with Gasteiger partial charge in [0.1, 0.15) is 12.4 Å². The summed E-state index contributed by atoms with van der Waals surface area (Å²) in [5.41, 5.74) is 3.24. The Labute approximate surface area is 203 Å². The third-order valence-electron chi connectivity index (χ3n) is 5.27. The lowest BCUT2D eigenvalue weighted by Gasteiger charge is -2.27. The van der Waals surface area contributed by atoms with Gasteiger partial charge in [-0.2, -0.15) is 5.10 Å². The van der Waals surface area contributed by atoms with Gasteiger partial charge in [-0.15, -0.1) is 0 Å². The smallest absolute Gasteiger partial charge is 0.281 e. The van der Waals surface area contributed by atoms with Gasteiger partial charge >= 0.3 is 0 Å². The van der Waals surface area contributed by atoms with Gasteiger partial charge in [0.25, 0.3) is 5.91 Å². The molecule has 0 radical (unpaired) electrons. The third kappa shape index (κ3) is 5.52. The molecule has 0 fully saturated rings. The summed E-state index contributed by atoms with van der Waals surface area (Å²) in [7, 11) is 0. The van der Waals surface area contributed by atoms with Crippen LogP contribution in [0.1, 0.15) is 22.3 Å². The van der Waals surface area contributed by atoms with E-state index >= 15 is 0 Å². The highest BCUT2D eigenvalue weighted by Crippen LogP contribution is 2.29. The fraction of sp³-hybridized carbons (Fsp3) is 0.0714. The highest BCUT2D eigenvalue weighted by atomic mass is 35.5. The third-order valence-corrected chi connectivity index (χ3v) is 5.50. The summed E-state index contributed by atoms with van der Waals surface area (Å²) in [4.78, 5) is 13.0. The molecule has 6 heteroatoms. The lowest BCUT2D eigenvalue weighted by molar-refractivity contribution is -0.136. The minimum Gasteiger partial charge on any atom is -0.489 e. The maximum absolute atomic E-state index is 13.0. The number of carbonyl (C=O) groups excluding carboxylic acids is 1. The molecule has 4 rings (SSSR count). The van der Waals surface area contributed by atoms with E-state index in [1.807, 2.05) is 60.7 Å². The van der Waals surface area contributed by atoms with Crippen molar-refractivity contribution in [3.63, 3.8) is 0 Å². The Kier molecular flexibility index (Phi) is 7.38. The van der Waals surface area contributed by atoms with Gasteiger partial charge in [0, 0.05) is 5.02 Å². The van der Waals surface area contributed by atoms with Gasteiger partial charge in [0.2, 0.25) is 0 Å². The molecule has 0 saturated carbocycles. The van der Waals surface area contributed by atoms with Crippen LogP contribution in [-0.4, -0.2) is 17.2 Å². The van der Waals surface area contributed by atoms with Gasteiger partial charge in [-0.25, -0.2) is 5.43 Å². The van der Waals surface area contributed by atoms with E-state index in [0.717, 1.165) is 11.1 Å². The Morgan fingerprint density at radius 2 is 1.50 bits per heavy atom. The average Bonchev–Trinajstić information content (AvgIpc) is 2.89. The van der Waals surface area contributed by atoms with E-state index in [-0.39, 0.29) is 0 Å². The number of nitrogens with zero attached hydrogens (tertiary/aromatic N) is 1. The number of halogens is 1. The molecule has 0 spiro atoms. The molecule has 4 aromatic rings. The number of hydrogen-bond acceptors (Lipinski definition) is 4. The van der Waals surface area contributed by atoms with Crippen LogP contribution in [0.15, 0.2) is 114 Å². The molecule has 34 heavy (non-hydrogen) atoms. The zero-order valence-electron chi connectivity index (χ0n) is 18.3. The van der Waals surface area contributed by atoms with Crippen LogP contribution in [0.5, 0.6) is 5.75 Å². The van der Waals surface area contributed by atoms with Crippen molar-refractivity contribution in [2.24, 2.45) is 5.10 Å². The summed E-state index contributed by atoms with van der Waals surface area (Å²) in [6.07, 6.45) is 1.51. The van der Waals surface area contributed by atoms with Crippen molar-refractivity contribution in [3.8, 4) is 5.75 Å². The maximum Gasteiger partial charge on any atom is 0.281 e. The molecule has 0 saturated heterocycles. The monoisotopic (exact) mass is 470 g/mol. The molecule has 0 unspecified atom stereocenters. The van der Waals surface area contributed by atoms with Crippen molar-refractivity contribution < 1.29 is 14.6 Å². The Morgan fingerprint density at radius 1 is 0.882 bits per heavy atom. The standard InChI is InChI=1S/C28H23ClN2O3/c29-25-13-7-8-22(18-25)20-34-26-16-14-21(15-17-26)19-30-31-27(32)28(33,23-9-3-1-4-10-23)24-11-5-2-6-12-24/h1-19,33H,20H2,(H,31,32)/b30-19-. The molecule has 4 aromatic carbocycles. The van der Waals surface area contributed by atoms with Gasteiger partial charge in [-0.05, 0) is 58.7 Å². The van der Waals surface area contributed by atoms with E-state index in [1.54, 1.807) is 48.5 Å². The normalized spacial score (nSPS) is 11.4. The Morgan fingerprint density at radius 3 is 2.09 bits per heavy atom. The fourth-order valence-corrected chi connectivity index (χ4v) is 3.69. The van der Waals surface area contributed by atoms with Crippen LogP contribution in [0, 0.1) is 0 Å². The SMILES string of the molecule is O=C(N/N=C\c1ccc(OCc2cccc(Cl)c2)cc1)C(O)(c1ccccc1)c1ccccc1. The highest BCUT2D eigenvalue weighted by Gasteiger charge is 2.39. The van der Waals surface area contributed by atoms with Gasteiger partial charge in [-0.3, -0.25) is 4.79 Å². The molecule has 0 aliphatic heterocycles. The number of ether oxygens (including phenoxy) is 1. The fourth-order valence-electron chi connectivity index (χ4n) is 3.48. The van der Waals surface area contributed by atoms with Crippen LogP contribution < -0.4 is 10.2 Å². The van der Waals surface area contributed by atoms with E-state index in [4.69, 9.17) is 16.3 Å². The lowest BCUT2D eigenvalue weighted by atomic mass is 9.85. The van der Waals surface area contributed by atoms with Crippen molar-refractivity contribution in [1.29, 1.82) is 0 Å². The van der Waals surface area contributed by atoms with Crippen molar-refractivity contribution in [3.05, 3.63) is 136 Å². The van der Waals surface area contributed by atoms with Crippen LogP contribution >= 0.6 is 11.6 Å². The molecule has 0 heterocycles. The number of carbonyl (C=O) groups is 1. The van der Waals surface area contributed by atoms with Crippen molar-refractivity contribution in [1.82, 2.24) is 5.43 Å². The summed E-state index contributed by atoms with van der Waals surface area (Å²) >= 11 is 6.00. The van der Waals surface area contributed by atoms with Gasteiger partial charge in [0.05, 0.1) is 6.21 Å². The maximum atomic E-state index is 13.0. The highest BCUT2D eigenvalue weighted by molar-refractivity contribution is 6.30. The zero-order valence-corrected chi connectivity index (χ0v) is 19.0. The van der Waals surface area contributed by atoms with E-state index < -0.39 is 11.5 Å². The lowest BCUT2D eigenvalue weighted by Crippen LogP contribution is -2.43. The summed E-state index contributed by atoms with van der Waals surface area (Å²) in [6.45, 7) is 0.404. The Balaban J connectivity index is 1.42. The van der Waals surface area contributed by atoms with Crippen LogP contribution in [0.4, 0.5) is 0 Å². The van der Waals surface area contributed by atoms with Crippen molar-refractivity contribution in [2.75, 3.05) is 0 Å². The number of hydrogen-bond donors (Lipinski definition) is 2. The molecular formula is C28H23ClN2O3. The van der Waals surface area contributed by atoms with E-state index in [2.05, 4.69) is 10.5 Å². The number of nitrogens with one attached hydrogen (secondary N) is 1. The van der Waals surface area contributed by atoms with Gasteiger partial charge < -0.3 is 9.84 Å². The van der Waals surface area contributed by atoms with Crippen LogP contribution in [0.2, 0.25) is 5.02 Å². The summed E-state index contributed by atoms with van der Waals surface area (Å²) in [5.74, 6) is 0.0475. The van der Waals surface area contributed by atoms with E-state index in [1.165, 1.54) is 6.21 Å². The minimum atomic E-state index is -1.88. The summed E-state index contributed by atoms with van der Waals surface area (Å²) in [6, 6.07) is 32.4. The number of aliphatic hydroxyl groups is 1. The Hall–Kier alpha value is -3.93. The molecule has 0 bridgehead atoms. The first-order valence-corrected chi connectivity index (χ1v) is 11.1. The second kappa shape index (κ2) is 10.8. The summed E-state index contributed by atoms with van der Waals surface area (Å²) < 4.78 is 5.78. The molecule has 2 N–H and O–H groups in total. The molecule has 0 aromatic heterocycles. The van der Waals surface area contributed by atoms with Crippen molar-refractivity contribution >= 4 is 23.7 Å². The largest absolute Gasteiger partial charge is 0.489 e. The minimum absolute atomic E-state index is 0.404. The number of rotatable bonds is 8. The first kappa shape index (κ1) is 23.2. The predicted octanol–water partition coefficient (Wildman–Crippen LogP) is 5.31. The topological polar surface area (TPSA) is 70.9 Å². The molecule has 0 aliphatic rings. The van der Waals surface area contributed by atoms with Crippen LogP contribution in [0.25, 0.3) is 0 Å². The second-order valence-corrected chi connectivity index (χ2v) is 8.07. The number of amides is 1. The zero-order chi connectivity index (χ0) is 23.8. The summed E-state index contributed by atoms with van der Waals surface area (Å²) in [5, 5.41) is 16.1. The van der Waals surface area contributed by atoms with E-state index in [0.29, 0.717) is 28.5 Å². The van der Waals surface area contributed by atoms with Gasteiger partial charge in [0.15, 0.2) is 5.60 Å². The van der Waals surface area contributed by atoms with Crippen LogP contribution in [-0.2, 0) is 17.0 Å². The first-order chi connectivity index (χ1) is 16.6. The Bertz CT molecular complexity index is 1220. The number of hydrazone groups is 1. The van der Waals surface area contributed by atoms with E-state index in [9.17, 15) is 9.90 Å². The quantitative estimate of drug-likeness (QED) is 0.271. The second-order valence-electron chi connectivity index (χ2n) is 7.63. The number of benzene rings is 4. The predicted molar refractivity (Wildman–Crippen MR) is 134 cm³/mol. The van der Waals surface area contributed by atoms with Crippen molar-refractivity contribution in [2.45, 2.75) is 12.2 Å². The molecule has 0 aliphatic carbocycles.